The Balaban J connectivity index is 1.26. The molecule has 3 atom stereocenters. The van der Waals surface area contributed by atoms with Gasteiger partial charge in [0.25, 0.3) is 0 Å². The van der Waals surface area contributed by atoms with Crippen LogP contribution in [0.3, 0.4) is 0 Å². The molecule has 2 heterocycles. The van der Waals surface area contributed by atoms with Gasteiger partial charge in [0.05, 0.1) is 6.04 Å². The van der Waals surface area contributed by atoms with Gasteiger partial charge in [-0.1, -0.05) is 109 Å². The van der Waals surface area contributed by atoms with Gasteiger partial charge in [-0.25, -0.2) is 0 Å². The number of nitrogens with zero attached hydrogens (tertiary/aromatic N) is 1. The SMILES string of the molecule is C1=CC2Oc3ccccc3C2C=C1c1cccc(C2C=C(c3ccccc3)NC(c3ccccc3)=N2)c1. The predicted molar refractivity (Wildman–Crippen MR) is 150 cm³/mol. The first-order chi connectivity index (χ1) is 18.3. The number of aliphatic imine (C=N–C) groups is 1. The first kappa shape index (κ1) is 21.6. The van der Waals surface area contributed by atoms with E-state index >= 15 is 0 Å². The molecule has 1 aliphatic carbocycles. The first-order valence-electron chi connectivity index (χ1n) is 12.8. The Hall–Kier alpha value is -4.63. The van der Waals surface area contributed by atoms with Gasteiger partial charge in [0.2, 0.25) is 0 Å². The summed E-state index contributed by atoms with van der Waals surface area (Å²) in [5.41, 5.74) is 8.14. The normalized spacial score (nSPS) is 21.5. The predicted octanol–water partition coefficient (Wildman–Crippen LogP) is 7.32. The highest BCUT2D eigenvalue weighted by atomic mass is 16.5. The van der Waals surface area contributed by atoms with Crippen molar-refractivity contribution in [2.75, 3.05) is 0 Å². The van der Waals surface area contributed by atoms with Crippen LogP contribution in [0.5, 0.6) is 5.75 Å². The minimum Gasteiger partial charge on any atom is -0.485 e. The minimum absolute atomic E-state index is 0.0724. The highest BCUT2D eigenvalue weighted by molar-refractivity contribution is 6.04. The van der Waals surface area contributed by atoms with E-state index in [4.69, 9.17) is 9.73 Å². The number of rotatable bonds is 4. The fourth-order valence-corrected chi connectivity index (χ4v) is 5.38. The second-order valence-corrected chi connectivity index (χ2v) is 9.61. The minimum atomic E-state index is -0.0944. The fraction of sp³-hybridized carbons (Fsp3) is 0.0882. The number of amidine groups is 1. The summed E-state index contributed by atoms with van der Waals surface area (Å²) in [5, 5.41) is 3.57. The summed E-state index contributed by atoms with van der Waals surface area (Å²) in [6.07, 6.45) is 9.03. The van der Waals surface area contributed by atoms with Crippen molar-refractivity contribution in [3.05, 3.63) is 161 Å². The summed E-state index contributed by atoms with van der Waals surface area (Å²) in [7, 11) is 0. The molecule has 0 saturated carbocycles. The van der Waals surface area contributed by atoms with Gasteiger partial charge in [-0.15, -0.1) is 0 Å². The lowest BCUT2D eigenvalue weighted by Crippen LogP contribution is -2.27. The van der Waals surface area contributed by atoms with Crippen molar-refractivity contribution >= 4 is 17.1 Å². The highest BCUT2D eigenvalue weighted by Crippen LogP contribution is 2.43. The standard InChI is InChI=1S/C34H26N2O/c1-3-10-23(11-4-1)30-22-31(36-34(35-30)24-12-5-2-6-13-24)27-15-9-14-25(20-27)26-18-19-33-29(21-26)28-16-7-8-17-32(28)37-33/h1-22,29,31,33H,(H,35,36). The Kier molecular flexibility index (Phi) is 5.32. The van der Waals surface area contributed by atoms with E-state index in [9.17, 15) is 0 Å². The van der Waals surface area contributed by atoms with Crippen molar-refractivity contribution in [2.24, 2.45) is 4.99 Å². The van der Waals surface area contributed by atoms with Crippen LogP contribution >= 0.6 is 0 Å². The van der Waals surface area contributed by atoms with Gasteiger partial charge in [-0.3, -0.25) is 4.99 Å². The van der Waals surface area contributed by atoms with Crippen LogP contribution in [-0.2, 0) is 0 Å². The van der Waals surface area contributed by atoms with E-state index in [-0.39, 0.29) is 18.1 Å². The molecule has 2 aliphatic heterocycles. The van der Waals surface area contributed by atoms with Crippen LogP contribution in [0.25, 0.3) is 11.3 Å². The molecule has 4 aromatic rings. The molecular formula is C34H26N2O. The molecule has 0 aromatic heterocycles. The molecule has 3 nitrogen and oxygen atoms in total. The number of hydrogen-bond donors (Lipinski definition) is 1. The zero-order valence-electron chi connectivity index (χ0n) is 20.3. The lowest BCUT2D eigenvalue weighted by atomic mass is 9.86. The Bertz CT molecular complexity index is 1530. The van der Waals surface area contributed by atoms with Crippen LogP contribution in [-0.4, -0.2) is 11.9 Å². The number of para-hydroxylation sites is 1. The molecule has 1 N–H and O–H groups in total. The zero-order valence-corrected chi connectivity index (χ0v) is 20.3. The Morgan fingerprint density at radius 3 is 2.24 bits per heavy atom. The van der Waals surface area contributed by atoms with E-state index < -0.39 is 0 Å². The van der Waals surface area contributed by atoms with Gasteiger partial charge in [0.1, 0.15) is 17.7 Å². The van der Waals surface area contributed by atoms with Crippen molar-refractivity contribution < 1.29 is 4.74 Å². The molecule has 0 fully saturated rings. The maximum Gasteiger partial charge on any atom is 0.133 e. The van der Waals surface area contributed by atoms with Gasteiger partial charge in [0.15, 0.2) is 0 Å². The molecule has 178 valence electrons. The third-order valence-corrected chi connectivity index (χ3v) is 7.26. The topological polar surface area (TPSA) is 33.6 Å². The lowest BCUT2D eigenvalue weighted by Gasteiger charge is -2.24. The maximum atomic E-state index is 6.16. The van der Waals surface area contributed by atoms with Gasteiger partial charge in [0, 0.05) is 22.7 Å². The first-order valence-corrected chi connectivity index (χ1v) is 12.8. The van der Waals surface area contributed by atoms with E-state index in [2.05, 4.69) is 121 Å². The lowest BCUT2D eigenvalue weighted by molar-refractivity contribution is 0.269. The molecule has 0 radical (unpaired) electrons. The number of benzene rings is 4. The maximum absolute atomic E-state index is 6.16. The summed E-state index contributed by atoms with van der Waals surface area (Å²) in [6, 6.07) is 37.8. The monoisotopic (exact) mass is 478 g/mol. The third kappa shape index (κ3) is 4.09. The van der Waals surface area contributed by atoms with Crippen LogP contribution in [0.1, 0.15) is 39.8 Å². The van der Waals surface area contributed by atoms with Crippen molar-refractivity contribution in [3.63, 3.8) is 0 Å². The van der Waals surface area contributed by atoms with Crippen LogP contribution in [0, 0.1) is 0 Å². The summed E-state index contributed by atoms with van der Waals surface area (Å²) in [4.78, 5) is 5.14. The molecule has 0 saturated heterocycles. The number of nitrogens with one attached hydrogen (secondary N) is 1. The number of fused-ring (bicyclic) bond motifs is 3. The molecule has 0 amide bonds. The van der Waals surface area contributed by atoms with E-state index in [1.807, 2.05) is 18.2 Å². The molecule has 3 heteroatoms. The van der Waals surface area contributed by atoms with E-state index in [0.717, 1.165) is 28.4 Å². The van der Waals surface area contributed by atoms with Crippen LogP contribution in [0.2, 0.25) is 0 Å². The Labute approximate surface area is 217 Å². The molecule has 0 bridgehead atoms. The average molecular weight is 479 g/mol. The largest absolute Gasteiger partial charge is 0.485 e. The van der Waals surface area contributed by atoms with E-state index in [1.165, 1.54) is 22.3 Å². The fourth-order valence-electron chi connectivity index (χ4n) is 5.38. The molecule has 7 rings (SSSR count). The van der Waals surface area contributed by atoms with Gasteiger partial charge in [-0.05, 0) is 46.5 Å². The highest BCUT2D eigenvalue weighted by Gasteiger charge is 2.33. The molecule has 3 unspecified atom stereocenters. The van der Waals surface area contributed by atoms with E-state index in [1.54, 1.807) is 0 Å². The van der Waals surface area contributed by atoms with Crippen molar-refractivity contribution in [1.82, 2.24) is 5.32 Å². The smallest absolute Gasteiger partial charge is 0.133 e. The molecule has 4 aromatic carbocycles. The summed E-state index contributed by atoms with van der Waals surface area (Å²) >= 11 is 0. The third-order valence-electron chi connectivity index (χ3n) is 7.26. The zero-order chi connectivity index (χ0) is 24.6. The summed E-state index contributed by atoms with van der Waals surface area (Å²) < 4.78 is 6.16. The second kappa shape index (κ2) is 9.11. The molecular weight excluding hydrogens is 452 g/mol. The number of allylic oxidation sites excluding steroid dienone is 2. The van der Waals surface area contributed by atoms with Gasteiger partial charge >= 0.3 is 0 Å². The molecule has 3 aliphatic rings. The average Bonchev–Trinajstić information content (AvgIpc) is 3.36. The Morgan fingerprint density at radius 2 is 1.41 bits per heavy atom. The van der Waals surface area contributed by atoms with Gasteiger partial charge < -0.3 is 10.1 Å². The van der Waals surface area contributed by atoms with Crippen molar-refractivity contribution in [1.29, 1.82) is 0 Å². The van der Waals surface area contributed by atoms with Crippen LogP contribution < -0.4 is 10.1 Å². The van der Waals surface area contributed by atoms with Crippen molar-refractivity contribution in [3.8, 4) is 5.75 Å². The van der Waals surface area contributed by atoms with Gasteiger partial charge in [-0.2, -0.15) is 0 Å². The second-order valence-electron chi connectivity index (χ2n) is 9.61. The number of hydrogen-bond acceptors (Lipinski definition) is 3. The van der Waals surface area contributed by atoms with Crippen molar-refractivity contribution in [2.45, 2.75) is 18.1 Å². The Morgan fingerprint density at radius 1 is 0.676 bits per heavy atom. The quantitative estimate of drug-likeness (QED) is 0.333. The summed E-state index contributed by atoms with van der Waals surface area (Å²) in [5.74, 6) is 2.12. The summed E-state index contributed by atoms with van der Waals surface area (Å²) in [6.45, 7) is 0. The molecule has 0 spiro atoms. The van der Waals surface area contributed by atoms with Crippen LogP contribution in [0.15, 0.2) is 138 Å². The van der Waals surface area contributed by atoms with Crippen LogP contribution in [0.4, 0.5) is 0 Å². The molecule has 37 heavy (non-hydrogen) atoms. The van der Waals surface area contributed by atoms with E-state index in [0.29, 0.717) is 0 Å². The number of ether oxygens (including phenoxy) is 1.